The maximum Gasteiger partial charge on any atom is 0.486 e. The van der Waals surface area contributed by atoms with Crippen LogP contribution in [0.3, 0.4) is 0 Å². The van der Waals surface area contributed by atoms with E-state index in [-0.39, 0.29) is 12.5 Å². The third-order valence-electron chi connectivity index (χ3n) is 1.45. The Labute approximate surface area is 82.1 Å². The standard InChI is InChI=1S/C6H7F3N4O2/c1-13-2-3(14)10-4(13)11-5(15)12-6(7,8)9/h2H2,1H3,(H2,10,11,12,14,15). The number of rotatable bonds is 0. The number of nitrogens with one attached hydrogen (secondary N) is 2. The second-order valence-corrected chi connectivity index (χ2v) is 2.77. The van der Waals surface area contributed by atoms with Gasteiger partial charge in [0, 0.05) is 7.05 Å². The number of carbonyl (C=O) groups excluding carboxylic acids is 2. The van der Waals surface area contributed by atoms with Gasteiger partial charge >= 0.3 is 12.3 Å². The highest BCUT2D eigenvalue weighted by atomic mass is 19.4. The summed E-state index contributed by atoms with van der Waals surface area (Å²) >= 11 is 0. The fraction of sp³-hybridized carbons (Fsp3) is 0.500. The van der Waals surface area contributed by atoms with Crippen LogP contribution in [-0.4, -0.2) is 42.7 Å². The molecule has 0 bridgehead atoms. The lowest BCUT2D eigenvalue weighted by atomic mass is 10.6. The van der Waals surface area contributed by atoms with E-state index in [1.165, 1.54) is 11.9 Å². The maximum atomic E-state index is 11.7. The van der Waals surface area contributed by atoms with Crippen molar-refractivity contribution in [1.82, 2.24) is 15.5 Å². The summed E-state index contributed by atoms with van der Waals surface area (Å²) in [5, 5.41) is 2.81. The molecule has 15 heavy (non-hydrogen) atoms. The van der Waals surface area contributed by atoms with Gasteiger partial charge in [0.25, 0.3) is 0 Å². The van der Waals surface area contributed by atoms with Crippen LogP contribution in [0.2, 0.25) is 0 Å². The zero-order valence-electron chi connectivity index (χ0n) is 7.55. The predicted octanol–water partition coefficient (Wildman–Crippen LogP) is -0.367. The molecule has 0 aliphatic carbocycles. The first-order valence-corrected chi connectivity index (χ1v) is 3.76. The molecule has 0 spiro atoms. The Hall–Kier alpha value is -1.80. The molecule has 1 fully saturated rings. The molecule has 0 unspecified atom stereocenters. The average Bonchev–Trinajstić information content (AvgIpc) is 2.25. The molecule has 0 atom stereocenters. The molecule has 6 nitrogen and oxygen atoms in total. The number of hydrogen-bond acceptors (Lipinski definition) is 2. The Kier molecular flexibility index (Phi) is 2.82. The van der Waals surface area contributed by atoms with Crippen molar-refractivity contribution in [3.63, 3.8) is 0 Å². The molecule has 1 aliphatic heterocycles. The molecular formula is C6H7F3N4O2. The number of likely N-dealkylation sites (N-methyl/N-ethyl adjacent to an activating group) is 1. The van der Waals surface area contributed by atoms with Crippen molar-refractivity contribution in [2.24, 2.45) is 4.99 Å². The van der Waals surface area contributed by atoms with Gasteiger partial charge in [-0.1, -0.05) is 0 Å². The predicted molar refractivity (Wildman–Crippen MR) is 42.8 cm³/mol. The minimum atomic E-state index is -4.83. The molecule has 0 aromatic rings. The number of urea groups is 1. The summed E-state index contributed by atoms with van der Waals surface area (Å²) in [6.45, 7) is -0.0435. The smallest absolute Gasteiger partial charge is 0.336 e. The molecule has 1 saturated heterocycles. The van der Waals surface area contributed by atoms with Crippen LogP contribution < -0.4 is 10.6 Å². The summed E-state index contributed by atoms with van der Waals surface area (Å²) in [4.78, 5) is 25.7. The number of hydrogen-bond donors (Lipinski definition) is 2. The van der Waals surface area contributed by atoms with Crippen molar-refractivity contribution in [3.8, 4) is 0 Å². The van der Waals surface area contributed by atoms with Crippen LogP contribution in [0.4, 0.5) is 18.0 Å². The SMILES string of the molecule is CN1CC(=O)N/C1=N/C(=O)NC(F)(F)F. The lowest BCUT2D eigenvalue weighted by molar-refractivity contribution is -0.144. The van der Waals surface area contributed by atoms with Crippen LogP contribution in [0.5, 0.6) is 0 Å². The van der Waals surface area contributed by atoms with E-state index in [0.717, 1.165) is 0 Å². The van der Waals surface area contributed by atoms with E-state index in [9.17, 15) is 22.8 Å². The molecule has 0 radical (unpaired) electrons. The molecule has 1 rings (SSSR count). The van der Waals surface area contributed by atoms with Crippen LogP contribution in [0.25, 0.3) is 0 Å². The topological polar surface area (TPSA) is 73.8 Å². The largest absolute Gasteiger partial charge is 0.486 e. The van der Waals surface area contributed by atoms with Gasteiger partial charge < -0.3 is 4.90 Å². The van der Waals surface area contributed by atoms with E-state index in [1.54, 1.807) is 0 Å². The second kappa shape index (κ2) is 3.75. The van der Waals surface area contributed by atoms with Crippen molar-refractivity contribution in [3.05, 3.63) is 0 Å². The van der Waals surface area contributed by atoms with E-state index < -0.39 is 18.2 Å². The normalized spacial score (nSPS) is 19.3. The average molecular weight is 224 g/mol. The number of alkyl halides is 3. The first-order chi connectivity index (χ1) is 6.78. The van der Waals surface area contributed by atoms with E-state index in [2.05, 4.69) is 10.3 Å². The van der Waals surface area contributed by atoms with E-state index >= 15 is 0 Å². The third kappa shape index (κ3) is 3.44. The molecule has 1 aliphatic rings. The zero-order chi connectivity index (χ0) is 11.6. The van der Waals surface area contributed by atoms with Gasteiger partial charge in [0.2, 0.25) is 11.9 Å². The summed E-state index contributed by atoms with van der Waals surface area (Å²) in [5.41, 5.74) is 0. The molecule has 2 N–H and O–H groups in total. The highest BCUT2D eigenvalue weighted by molar-refractivity contribution is 6.07. The zero-order valence-corrected chi connectivity index (χ0v) is 7.55. The Morgan fingerprint density at radius 3 is 2.60 bits per heavy atom. The fourth-order valence-corrected chi connectivity index (χ4v) is 0.909. The van der Waals surface area contributed by atoms with E-state index in [0.29, 0.717) is 5.32 Å². The molecule has 84 valence electrons. The molecular weight excluding hydrogens is 217 g/mol. The third-order valence-corrected chi connectivity index (χ3v) is 1.45. The van der Waals surface area contributed by atoms with Gasteiger partial charge in [0.15, 0.2) is 0 Å². The van der Waals surface area contributed by atoms with Crippen LogP contribution in [-0.2, 0) is 4.79 Å². The molecule has 3 amide bonds. The minimum absolute atomic E-state index is 0.0435. The van der Waals surface area contributed by atoms with Crippen molar-refractivity contribution in [2.45, 2.75) is 6.30 Å². The van der Waals surface area contributed by atoms with Crippen LogP contribution in [0.1, 0.15) is 0 Å². The van der Waals surface area contributed by atoms with Crippen molar-refractivity contribution in [1.29, 1.82) is 0 Å². The van der Waals surface area contributed by atoms with Crippen LogP contribution in [0, 0.1) is 0 Å². The summed E-state index contributed by atoms with van der Waals surface area (Å²) in [7, 11) is 1.41. The molecule has 0 aromatic heterocycles. The number of halogens is 3. The summed E-state index contributed by atoms with van der Waals surface area (Å²) in [6.07, 6.45) is -4.83. The summed E-state index contributed by atoms with van der Waals surface area (Å²) < 4.78 is 35.0. The van der Waals surface area contributed by atoms with Gasteiger partial charge in [0.1, 0.15) is 0 Å². The van der Waals surface area contributed by atoms with Gasteiger partial charge in [-0.05, 0) is 0 Å². The number of aliphatic imine (C=N–C) groups is 1. The van der Waals surface area contributed by atoms with Gasteiger partial charge in [-0.3, -0.25) is 10.1 Å². The quantitative estimate of drug-likeness (QED) is 0.551. The van der Waals surface area contributed by atoms with Crippen molar-refractivity contribution in [2.75, 3.05) is 13.6 Å². The fourth-order valence-electron chi connectivity index (χ4n) is 0.909. The molecule has 0 saturated carbocycles. The maximum absolute atomic E-state index is 11.7. The lowest BCUT2D eigenvalue weighted by Gasteiger charge is -2.09. The van der Waals surface area contributed by atoms with Crippen LogP contribution in [0.15, 0.2) is 4.99 Å². The van der Waals surface area contributed by atoms with Gasteiger partial charge in [-0.15, -0.1) is 0 Å². The second-order valence-electron chi connectivity index (χ2n) is 2.77. The van der Waals surface area contributed by atoms with Crippen LogP contribution >= 0.6 is 0 Å². The van der Waals surface area contributed by atoms with Crippen molar-refractivity contribution >= 4 is 17.9 Å². The lowest BCUT2D eigenvalue weighted by Crippen LogP contribution is -2.38. The molecule has 0 aromatic carbocycles. The molecule has 9 heteroatoms. The number of guanidine groups is 1. The van der Waals surface area contributed by atoms with Gasteiger partial charge in [0.05, 0.1) is 6.54 Å². The van der Waals surface area contributed by atoms with Crippen molar-refractivity contribution < 1.29 is 22.8 Å². The summed E-state index contributed by atoms with van der Waals surface area (Å²) in [5.74, 6) is -0.641. The van der Waals surface area contributed by atoms with E-state index in [1.807, 2.05) is 0 Å². The first kappa shape index (κ1) is 11.3. The first-order valence-electron chi connectivity index (χ1n) is 3.76. The number of carbonyl (C=O) groups is 2. The van der Waals surface area contributed by atoms with Gasteiger partial charge in [-0.2, -0.15) is 18.2 Å². The van der Waals surface area contributed by atoms with Gasteiger partial charge in [-0.25, -0.2) is 10.1 Å². The highest BCUT2D eigenvalue weighted by Gasteiger charge is 2.31. The number of amides is 3. The monoisotopic (exact) mass is 224 g/mol. The highest BCUT2D eigenvalue weighted by Crippen LogP contribution is 2.09. The Balaban J connectivity index is 2.64. The van der Waals surface area contributed by atoms with E-state index in [4.69, 9.17) is 0 Å². The Morgan fingerprint density at radius 1 is 1.60 bits per heavy atom. The minimum Gasteiger partial charge on any atom is -0.336 e. The summed E-state index contributed by atoms with van der Waals surface area (Å²) in [6, 6.07) is -1.58. The molecule has 1 heterocycles. The Bertz CT molecular complexity index is 325. The Morgan fingerprint density at radius 2 is 2.20 bits per heavy atom. The number of nitrogens with zero attached hydrogens (tertiary/aromatic N) is 2.